The van der Waals surface area contributed by atoms with E-state index in [1.807, 2.05) is 60.9 Å². The van der Waals surface area contributed by atoms with Crippen LogP contribution in [0.4, 0.5) is 5.69 Å². The zero-order valence-electron chi connectivity index (χ0n) is 12.6. The van der Waals surface area contributed by atoms with Crippen LogP contribution in [0, 0.1) is 0 Å². The van der Waals surface area contributed by atoms with Crippen molar-refractivity contribution in [3.05, 3.63) is 83.1 Å². The second-order valence-electron chi connectivity index (χ2n) is 5.55. The van der Waals surface area contributed by atoms with Gasteiger partial charge in [-0.05, 0) is 42.0 Å². The summed E-state index contributed by atoms with van der Waals surface area (Å²) in [4.78, 5) is 6.33. The predicted octanol–water partition coefficient (Wildman–Crippen LogP) is 5.07. The standard InChI is InChI=1S/C19H15ClN2O/c1-22-16-12-14(20)6-7-18(16)23-17-5-3-2-4-15(17)19(22)13-8-10-21-11-9-13/h2-12,19H,1H3. The third-order valence-electron chi connectivity index (χ3n) is 4.14. The van der Waals surface area contributed by atoms with Crippen molar-refractivity contribution in [3.63, 3.8) is 0 Å². The molecule has 1 aliphatic heterocycles. The summed E-state index contributed by atoms with van der Waals surface area (Å²) in [6.07, 6.45) is 3.63. The lowest BCUT2D eigenvalue weighted by molar-refractivity contribution is 0.483. The van der Waals surface area contributed by atoms with Gasteiger partial charge in [-0.25, -0.2) is 0 Å². The Balaban J connectivity index is 1.96. The Morgan fingerprint density at radius 3 is 2.61 bits per heavy atom. The maximum Gasteiger partial charge on any atom is 0.150 e. The molecule has 3 nitrogen and oxygen atoms in total. The van der Waals surface area contributed by atoms with Crippen LogP contribution >= 0.6 is 11.6 Å². The number of para-hydroxylation sites is 1. The number of fused-ring (bicyclic) bond motifs is 2. The fraction of sp³-hybridized carbons (Fsp3) is 0.105. The van der Waals surface area contributed by atoms with Crippen LogP contribution < -0.4 is 9.64 Å². The lowest BCUT2D eigenvalue weighted by atomic mass is 9.97. The van der Waals surface area contributed by atoms with Crippen LogP contribution in [-0.4, -0.2) is 12.0 Å². The second kappa shape index (κ2) is 5.60. The Morgan fingerprint density at radius 1 is 1.00 bits per heavy atom. The zero-order chi connectivity index (χ0) is 15.8. The van der Waals surface area contributed by atoms with E-state index in [9.17, 15) is 0 Å². The minimum atomic E-state index is 0.0360. The fourth-order valence-electron chi connectivity index (χ4n) is 3.07. The third-order valence-corrected chi connectivity index (χ3v) is 4.38. The van der Waals surface area contributed by atoms with Crippen molar-refractivity contribution < 1.29 is 4.74 Å². The molecule has 0 saturated carbocycles. The smallest absolute Gasteiger partial charge is 0.150 e. The summed E-state index contributed by atoms with van der Waals surface area (Å²) in [6.45, 7) is 0. The molecule has 2 heterocycles. The number of rotatable bonds is 1. The fourth-order valence-corrected chi connectivity index (χ4v) is 3.23. The molecule has 0 spiro atoms. The number of aromatic nitrogens is 1. The number of anilines is 1. The molecule has 4 rings (SSSR count). The van der Waals surface area contributed by atoms with Gasteiger partial charge < -0.3 is 9.64 Å². The maximum absolute atomic E-state index is 6.21. The molecule has 3 aromatic rings. The van der Waals surface area contributed by atoms with Crippen LogP contribution in [0.1, 0.15) is 17.2 Å². The van der Waals surface area contributed by atoms with Gasteiger partial charge in [0, 0.05) is 30.0 Å². The van der Waals surface area contributed by atoms with Gasteiger partial charge >= 0.3 is 0 Å². The van der Waals surface area contributed by atoms with Crippen LogP contribution in [0.3, 0.4) is 0 Å². The van der Waals surface area contributed by atoms with E-state index in [0.717, 1.165) is 28.3 Å². The number of pyridine rings is 1. The Kier molecular flexibility index (Phi) is 3.43. The molecule has 0 amide bonds. The van der Waals surface area contributed by atoms with Crippen LogP contribution in [0.25, 0.3) is 0 Å². The van der Waals surface area contributed by atoms with Gasteiger partial charge in [0.15, 0.2) is 5.75 Å². The van der Waals surface area contributed by atoms with E-state index in [0.29, 0.717) is 5.02 Å². The summed E-state index contributed by atoms with van der Waals surface area (Å²) >= 11 is 6.21. The largest absolute Gasteiger partial charge is 0.455 e. The number of ether oxygens (including phenoxy) is 1. The van der Waals surface area contributed by atoms with Gasteiger partial charge in [0.2, 0.25) is 0 Å². The molecule has 0 bridgehead atoms. The number of hydrogen-bond donors (Lipinski definition) is 0. The molecule has 0 fully saturated rings. The van der Waals surface area contributed by atoms with Crippen molar-refractivity contribution in [3.8, 4) is 11.5 Å². The SMILES string of the molecule is CN1c2cc(Cl)ccc2Oc2ccccc2C1c1ccncc1. The monoisotopic (exact) mass is 322 g/mol. The minimum Gasteiger partial charge on any atom is -0.455 e. The molecule has 4 heteroatoms. The number of nitrogens with zero attached hydrogens (tertiary/aromatic N) is 2. The van der Waals surface area contributed by atoms with E-state index in [2.05, 4.69) is 23.0 Å². The van der Waals surface area contributed by atoms with E-state index in [1.54, 1.807) is 0 Å². The maximum atomic E-state index is 6.21. The molecule has 0 N–H and O–H groups in total. The molecule has 1 aliphatic rings. The normalized spacial score (nSPS) is 16.1. The van der Waals surface area contributed by atoms with Crippen molar-refractivity contribution >= 4 is 17.3 Å². The van der Waals surface area contributed by atoms with E-state index in [4.69, 9.17) is 16.3 Å². The molecule has 1 aromatic heterocycles. The quantitative estimate of drug-likeness (QED) is 0.625. The predicted molar refractivity (Wildman–Crippen MR) is 92.5 cm³/mol. The highest BCUT2D eigenvalue weighted by Gasteiger charge is 2.28. The average Bonchev–Trinajstić information content (AvgIpc) is 2.70. The van der Waals surface area contributed by atoms with Gasteiger partial charge in [-0.3, -0.25) is 4.98 Å². The van der Waals surface area contributed by atoms with E-state index in [1.165, 1.54) is 0 Å². The Hall–Kier alpha value is -2.52. The van der Waals surface area contributed by atoms with Gasteiger partial charge in [-0.2, -0.15) is 0 Å². The first-order valence-corrected chi connectivity index (χ1v) is 7.81. The van der Waals surface area contributed by atoms with Crippen LogP contribution in [-0.2, 0) is 0 Å². The van der Waals surface area contributed by atoms with Gasteiger partial charge in [0.25, 0.3) is 0 Å². The average molecular weight is 323 g/mol. The second-order valence-corrected chi connectivity index (χ2v) is 5.98. The van der Waals surface area contributed by atoms with Crippen LogP contribution in [0.5, 0.6) is 11.5 Å². The third kappa shape index (κ3) is 2.43. The highest BCUT2D eigenvalue weighted by atomic mass is 35.5. The van der Waals surface area contributed by atoms with Gasteiger partial charge in [-0.1, -0.05) is 29.8 Å². The summed E-state index contributed by atoms with van der Waals surface area (Å²) in [7, 11) is 2.06. The van der Waals surface area contributed by atoms with Crippen molar-refractivity contribution in [2.75, 3.05) is 11.9 Å². The first-order valence-electron chi connectivity index (χ1n) is 7.43. The van der Waals surface area contributed by atoms with Gasteiger partial charge in [0.1, 0.15) is 5.75 Å². The molecule has 1 atom stereocenters. The topological polar surface area (TPSA) is 25.4 Å². The van der Waals surface area contributed by atoms with Crippen LogP contribution in [0.2, 0.25) is 5.02 Å². The van der Waals surface area contributed by atoms with Crippen molar-refractivity contribution in [1.29, 1.82) is 0 Å². The molecular weight excluding hydrogens is 308 g/mol. The summed E-state index contributed by atoms with van der Waals surface area (Å²) < 4.78 is 6.16. The van der Waals surface area contributed by atoms with Crippen molar-refractivity contribution in [1.82, 2.24) is 4.98 Å². The molecule has 114 valence electrons. The molecule has 23 heavy (non-hydrogen) atoms. The lowest BCUT2D eigenvalue weighted by Gasteiger charge is -2.29. The number of hydrogen-bond acceptors (Lipinski definition) is 3. The molecule has 2 aromatic carbocycles. The first-order chi connectivity index (χ1) is 11.2. The van der Waals surface area contributed by atoms with E-state index < -0.39 is 0 Å². The first kappa shape index (κ1) is 14.1. The highest BCUT2D eigenvalue weighted by molar-refractivity contribution is 6.31. The summed E-state index contributed by atoms with van der Waals surface area (Å²) in [5, 5.41) is 0.693. The summed E-state index contributed by atoms with van der Waals surface area (Å²) in [5.74, 6) is 1.67. The molecule has 0 saturated heterocycles. The zero-order valence-corrected chi connectivity index (χ0v) is 13.4. The number of benzene rings is 2. The summed E-state index contributed by atoms with van der Waals surface area (Å²) in [5.41, 5.74) is 3.25. The minimum absolute atomic E-state index is 0.0360. The lowest BCUT2D eigenvalue weighted by Crippen LogP contribution is -2.24. The van der Waals surface area contributed by atoms with E-state index in [-0.39, 0.29) is 6.04 Å². The van der Waals surface area contributed by atoms with Gasteiger partial charge in [0.05, 0.1) is 11.7 Å². The van der Waals surface area contributed by atoms with Crippen molar-refractivity contribution in [2.45, 2.75) is 6.04 Å². The van der Waals surface area contributed by atoms with Crippen molar-refractivity contribution in [2.24, 2.45) is 0 Å². The highest BCUT2D eigenvalue weighted by Crippen LogP contribution is 2.46. The molecule has 0 aliphatic carbocycles. The van der Waals surface area contributed by atoms with Crippen LogP contribution in [0.15, 0.2) is 67.0 Å². The molecule has 1 unspecified atom stereocenters. The van der Waals surface area contributed by atoms with Gasteiger partial charge in [-0.15, -0.1) is 0 Å². The molecular formula is C19H15ClN2O. The Labute approximate surface area is 140 Å². The Bertz CT molecular complexity index is 851. The van der Waals surface area contributed by atoms with E-state index >= 15 is 0 Å². The Morgan fingerprint density at radius 2 is 1.78 bits per heavy atom. The molecule has 0 radical (unpaired) electrons. The summed E-state index contributed by atoms with van der Waals surface area (Å²) in [6, 6.07) is 17.9. The number of halogens is 1.